The molecule has 0 aromatic heterocycles. The Kier molecular flexibility index (Phi) is 4.99. The SMILES string of the molecule is CCCCCCN1C(=O)C(C)Oc2ccc(C(C)=O)cc21. The highest BCUT2D eigenvalue weighted by Crippen LogP contribution is 2.35. The highest BCUT2D eigenvalue weighted by molar-refractivity contribution is 6.02. The van der Waals surface area contributed by atoms with Gasteiger partial charge in [-0.25, -0.2) is 0 Å². The summed E-state index contributed by atoms with van der Waals surface area (Å²) >= 11 is 0. The average Bonchev–Trinajstić information content (AvgIpc) is 2.46. The summed E-state index contributed by atoms with van der Waals surface area (Å²) in [4.78, 5) is 25.7. The molecule has 0 radical (unpaired) electrons. The molecule has 21 heavy (non-hydrogen) atoms. The first-order valence-electron chi connectivity index (χ1n) is 7.67. The van der Waals surface area contributed by atoms with Crippen LogP contribution >= 0.6 is 0 Å². The Bertz CT molecular complexity index is 539. The maximum Gasteiger partial charge on any atom is 0.267 e. The lowest BCUT2D eigenvalue weighted by molar-refractivity contribution is -0.125. The van der Waals surface area contributed by atoms with Crippen LogP contribution in [0.15, 0.2) is 18.2 Å². The lowest BCUT2D eigenvalue weighted by Crippen LogP contribution is -2.45. The molecule has 1 aromatic carbocycles. The molecule has 1 aliphatic rings. The molecular formula is C17H23NO3. The van der Waals surface area contributed by atoms with E-state index in [0.717, 1.165) is 18.5 Å². The van der Waals surface area contributed by atoms with Crippen molar-refractivity contribution in [2.45, 2.75) is 52.6 Å². The number of nitrogens with zero attached hydrogens (tertiary/aromatic N) is 1. The van der Waals surface area contributed by atoms with Crippen LogP contribution in [-0.4, -0.2) is 24.3 Å². The quantitative estimate of drug-likeness (QED) is 0.594. The van der Waals surface area contributed by atoms with Gasteiger partial charge in [-0.1, -0.05) is 26.2 Å². The normalized spacial score (nSPS) is 17.4. The fourth-order valence-electron chi connectivity index (χ4n) is 2.55. The van der Waals surface area contributed by atoms with Crippen LogP contribution in [-0.2, 0) is 4.79 Å². The molecule has 1 unspecified atom stereocenters. The number of carbonyl (C=O) groups is 2. The molecule has 1 aromatic rings. The van der Waals surface area contributed by atoms with Gasteiger partial charge in [-0.3, -0.25) is 9.59 Å². The summed E-state index contributed by atoms with van der Waals surface area (Å²) in [6.45, 7) is 6.14. The molecule has 1 heterocycles. The zero-order chi connectivity index (χ0) is 15.4. The van der Waals surface area contributed by atoms with Crippen LogP contribution in [0.2, 0.25) is 0 Å². The lowest BCUT2D eigenvalue weighted by Gasteiger charge is -2.33. The van der Waals surface area contributed by atoms with E-state index in [2.05, 4.69) is 6.92 Å². The van der Waals surface area contributed by atoms with Gasteiger partial charge in [0, 0.05) is 12.1 Å². The van der Waals surface area contributed by atoms with Gasteiger partial charge in [0.1, 0.15) is 5.75 Å². The average molecular weight is 289 g/mol. The third-order valence-electron chi connectivity index (χ3n) is 3.81. The van der Waals surface area contributed by atoms with Gasteiger partial charge in [0.2, 0.25) is 0 Å². The summed E-state index contributed by atoms with van der Waals surface area (Å²) < 4.78 is 5.63. The molecule has 1 amide bonds. The molecule has 4 heteroatoms. The van der Waals surface area contributed by atoms with Gasteiger partial charge in [0.25, 0.3) is 5.91 Å². The number of Topliss-reactive ketones (excluding diaryl/α,β-unsaturated/α-hetero) is 1. The predicted octanol–water partition coefficient (Wildman–Crippen LogP) is 3.58. The molecule has 0 aliphatic carbocycles. The summed E-state index contributed by atoms with van der Waals surface area (Å²) in [6, 6.07) is 5.30. The minimum Gasteiger partial charge on any atom is -0.479 e. The van der Waals surface area contributed by atoms with Crippen LogP contribution in [0.1, 0.15) is 56.8 Å². The van der Waals surface area contributed by atoms with Gasteiger partial charge in [-0.05, 0) is 38.5 Å². The van der Waals surface area contributed by atoms with Gasteiger partial charge in [0.05, 0.1) is 5.69 Å². The molecule has 0 spiro atoms. The molecule has 1 atom stereocenters. The molecule has 0 N–H and O–H groups in total. The van der Waals surface area contributed by atoms with Crippen LogP contribution < -0.4 is 9.64 Å². The fraction of sp³-hybridized carbons (Fsp3) is 0.529. The zero-order valence-corrected chi connectivity index (χ0v) is 13.0. The van der Waals surface area contributed by atoms with E-state index < -0.39 is 6.10 Å². The van der Waals surface area contributed by atoms with Gasteiger partial charge in [-0.2, -0.15) is 0 Å². The highest BCUT2D eigenvalue weighted by atomic mass is 16.5. The maximum atomic E-state index is 12.3. The monoisotopic (exact) mass is 289 g/mol. The largest absolute Gasteiger partial charge is 0.479 e. The molecular weight excluding hydrogens is 266 g/mol. The van der Waals surface area contributed by atoms with Crippen molar-refractivity contribution in [2.75, 3.05) is 11.4 Å². The van der Waals surface area contributed by atoms with Crippen molar-refractivity contribution >= 4 is 17.4 Å². The second-order valence-corrected chi connectivity index (χ2v) is 5.55. The highest BCUT2D eigenvalue weighted by Gasteiger charge is 2.31. The number of hydrogen-bond donors (Lipinski definition) is 0. The number of anilines is 1. The fourth-order valence-corrected chi connectivity index (χ4v) is 2.55. The van der Waals surface area contributed by atoms with Crippen molar-refractivity contribution in [1.82, 2.24) is 0 Å². The predicted molar refractivity (Wildman–Crippen MR) is 83.0 cm³/mol. The summed E-state index contributed by atoms with van der Waals surface area (Å²) in [5, 5.41) is 0. The van der Waals surface area contributed by atoms with Crippen molar-refractivity contribution in [3.63, 3.8) is 0 Å². The van der Waals surface area contributed by atoms with E-state index in [4.69, 9.17) is 4.74 Å². The number of ether oxygens (including phenoxy) is 1. The second kappa shape index (κ2) is 6.74. The third-order valence-corrected chi connectivity index (χ3v) is 3.81. The van der Waals surface area contributed by atoms with Crippen molar-refractivity contribution < 1.29 is 14.3 Å². The molecule has 2 rings (SSSR count). The second-order valence-electron chi connectivity index (χ2n) is 5.55. The van der Waals surface area contributed by atoms with Gasteiger partial charge < -0.3 is 9.64 Å². The number of benzene rings is 1. The topological polar surface area (TPSA) is 46.6 Å². The number of amides is 1. The van der Waals surface area contributed by atoms with E-state index in [-0.39, 0.29) is 11.7 Å². The van der Waals surface area contributed by atoms with E-state index in [9.17, 15) is 9.59 Å². The first-order valence-corrected chi connectivity index (χ1v) is 7.67. The van der Waals surface area contributed by atoms with E-state index in [1.165, 1.54) is 19.8 Å². The van der Waals surface area contributed by atoms with Crippen LogP contribution in [0.5, 0.6) is 5.75 Å². The lowest BCUT2D eigenvalue weighted by atomic mass is 10.1. The van der Waals surface area contributed by atoms with E-state index in [1.807, 2.05) is 0 Å². The molecule has 114 valence electrons. The summed E-state index contributed by atoms with van der Waals surface area (Å²) in [5.74, 6) is 0.650. The van der Waals surface area contributed by atoms with Gasteiger partial charge in [0.15, 0.2) is 11.9 Å². The van der Waals surface area contributed by atoms with E-state index in [1.54, 1.807) is 30.0 Å². The summed E-state index contributed by atoms with van der Waals surface area (Å²) in [7, 11) is 0. The summed E-state index contributed by atoms with van der Waals surface area (Å²) in [6.07, 6.45) is 3.95. The Labute approximate surface area is 126 Å². The minimum atomic E-state index is -0.466. The Morgan fingerprint density at radius 3 is 2.71 bits per heavy atom. The molecule has 0 saturated heterocycles. The molecule has 4 nitrogen and oxygen atoms in total. The van der Waals surface area contributed by atoms with Crippen LogP contribution in [0.3, 0.4) is 0 Å². The van der Waals surface area contributed by atoms with Crippen LogP contribution in [0, 0.1) is 0 Å². The smallest absolute Gasteiger partial charge is 0.267 e. The number of fused-ring (bicyclic) bond motifs is 1. The van der Waals surface area contributed by atoms with Crippen LogP contribution in [0.25, 0.3) is 0 Å². The standard InChI is InChI=1S/C17H23NO3/c1-4-5-6-7-10-18-15-11-14(12(2)19)8-9-16(15)21-13(3)17(18)20/h8-9,11,13H,4-7,10H2,1-3H3. The number of hydrogen-bond acceptors (Lipinski definition) is 3. The molecule has 0 bridgehead atoms. The van der Waals surface area contributed by atoms with E-state index in [0.29, 0.717) is 17.9 Å². The Morgan fingerprint density at radius 1 is 1.29 bits per heavy atom. The van der Waals surface area contributed by atoms with Crippen molar-refractivity contribution in [3.8, 4) is 5.75 Å². The first-order chi connectivity index (χ1) is 10.0. The number of rotatable bonds is 6. The number of ketones is 1. The molecule has 1 aliphatic heterocycles. The summed E-state index contributed by atoms with van der Waals surface area (Å²) in [5.41, 5.74) is 1.33. The molecule has 0 fully saturated rings. The Hall–Kier alpha value is -1.84. The third kappa shape index (κ3) is 3.43. The maximum absolute atomic E-state index is 12.3. The van der Waals surface area contributed by atoms with Gasteiger partial charge >= 0.3 is 0 Å². The Morgan fingerprint density at radius 2 is 2.05 bits per heavy atom. The number of carbonyl (C=O) groups excluding carboxylic acids is 2. The first kappa shape index (κ1) is 15.5. The van der Waals surface area contributed by atoms with Crippen molar-refractivity contribution in [1.29, 1.82) is 0 Å². The van der Waals surface area contributed by atoms with E-state index >= 15 is 0 Å². The minimum absolute atomic E-state index is 0.00481. The number of unbranched alkanes of at least 4 members (excludes halogenated alkanes) is 3. The molecule has 0 saturated carbocycles. The Balaban J connectivity index is 2.24. The zero-order valence-electron chi connectivity index (χ0n) is 13.0. The van der Waals surface area contributed by atoms with Crippen molar-refractivity contribution in [3.05, 3.63) is 23.8 Å². The van der Waals surface area contributed by atoms with Crippen molar-refractivity contribution in [2.24, 2.45) is 0 Å². The van der Waals surface area contributed by atoms with Crippen LogP contribution in [0.4, 0.5) is 5.69 Å². The van der Waals surface area contributed by atoms with Gasteiger partial charge in [-0.15, -0.1) is 0 Å².